The van der Waals surface area contributed by atoms with Gasteiger partial charge in [-0.25, -0.2) is 0 Å². The summed E-state index contributed by atoms with van der Waals surface area (Å²) in [4.78, 5) is 8.77. The highest BCUT2D eigenvalue weighted by molar-refractivity contribution is 7.37. The van der Waals surface area contributed by atoms with Gasteiger partial charge in [-0.1, -0.05) is 18.2 Å². The molecule has 1 aromatic rings. The van der Waals surface area contributed by atoms with Crippen LogP contribution in [0.5, 0.6) is 5.75 Å². The zero-order valence-electron chi connectivity index (χ0n) is 9.26. The molecule has 0 aliphatic rings. The topological polar surface area (TPSA) is 55.8 Å². The summed E-state index contributed by atoms with van der Waals surface area (Å²) < 4.78 is 21.0. The van der Waals surface area contributed by atoms with E-state index in [1.165, 1.54) is 0 Å². The summed E-state index contributed by atoms with van der Waals surface area (Å²) in [6.45, 7) is 1.02. The predicted octanol–water partition coefficient (Wildman–Crippen LogP) is 1.99. The van der Waals surface area contributed by atoms with Crippen molar-refractivity contribution in [1.29, 1.82) is 0 Å². The van der Waals surface area contributed by atoms with Crippen LogP contribution >= 0.6 is 8.03 Å². The van der Waals surface area contributed by atoms with Crippen LogP contribution in [0.25, 0.3) is 0 Å². The molecule has 1 atom stereocenters. The van der Waals surface area contributed by atoms with E-state index in [0.717, 1.165) is 11.3 Å². The Labute approximate surface area is 96.1 Å². The molecule has 0 amide bonds. The van der Waals surface area contributed by atoms with Crippen molar-refractivity contribution in [2.75, 3.05) is 26.5 Å². The lowest BCUT2D eigenvalue weighted by Gasteiger charge is -2.09. The summed E-state index contributed by atoms with van der Waals surface area (Å²) in [6.07, 6.45) is 0.814. The molecule has 0 radical (unpaired) electrons. The zero-order valence-corrected chi connectivity index (χ0v) is 10.2. The van der Waals surface area contributed by atoms with Gasteiger partial charge in [-0.3, -0.25) is 0 Å². The van der Waals surface area contributed by atoms with Gasteiger partial charge >= 0.3 is 8.03 Å². The largest absolute Gasteiger partial charge is 0.505 e. The minimum absolute atomic E-state index is 0.264. The van der Waals surface area contributed by atoms with Crippen LogP contribution in [0.3, 0.4) is 0 Å². The second-order valence-electron chi connectivity index (χ2n) is 3.27. The molecule has 5 heteroatoms. The number of aryl methyl sites for hydroxylation is 1. The van der Waals surface area contributed by atoms with Gasteiger partial charge in [0.1, 0.15) is 12.4 Å². The summed E-state index contributed by atoms with van der Waals surface area (Å²) in [6, 6.07) is 7.53. The maximum atomic E-state index is 10.6. The Morgan fingerprint density at radius 1 is 1.31 bits per heavy atom. The first-order valence-corrected chi connectivity index (χ1v) is 6.47. The number of ether oxygens (including phenoxy) is 2. The molecule has 0 aliphatic carbocycles. The molecule has 0 heterocycles. The third-order valence-corrected chi connectivity index (χ3v) is 2.70. The summed E-state index contributed by atoms with van der Waals surface area (Å²) >= 11 is 0. The molecule has 0 saturated carbocycles. The quantitative estimate of drug-likeness (QED) is 0.587. The molecular formula is C11H16O4P+. The van der Waals surface area contributed by atoms with E-state index in [4.69, 9.17) is 14.4 Å². The predicted molar refractivity (Wildman–Crippen MR) is 62.2 cm³/mol. The number of para-hydroxylation sites is 1. The van der Waals surface area contributed by atoms with Crippen LogP contribution in [0.4, 0.5) is 0 Å². The summed E-state index contributed by atoms with van der Waals surface area (Å²) in [5.74, 6) is 0.761. The lowest BCUT2D eigenvalue weighted by molar-refractivity contribution is 0.146. The molecule has 88 valence electrons. The number of hydrogen-bond acceptors (Lipinski definition) is 3. The molecule has 0 aliphatic heterocycles. The first kappa shape index (κ1) is 13.1. The molecule has 4 nitrogen and oxygen atoms in total. The fourth-order valence-corrected chi connectivity index (χ4v) is 1.73. The third-order valence-electron chi connectivity index (χ3n) is 2.09. The SMILES string of the molecule is COCCOc1ccccc1CC[P+](=O)O. The van der Waals surface area contributed by atoms with Gasteiger partial charge in [-0.05, 0) is 16.2 Å². The van der Waals surface area contributed by atoms with Gasteiger partial charge in [-0.15, -0.1) is 0 Å². The van der Waals surface area contributed by atoms with Gasteiger partial charge in [0.05, 0.1) is 6.61 Å². The Kier molecular flexibility index (Phi) is 6.01. The number of hydrogen-bond donors (Lipinski definition) is 1. The van der Waals surface area contributed by atoms with Crippen LogP contribution in [0.15, 0.2) is 24.3 Å². The third kappa shape index (κ3) is 4.71. The lowest BCUT2D eigenvalue weighted by atomic mass is 10.1. The molecule has 0 saturated heterocycles. The first-order chi connectivity index (χ1) is 7.74. The van der Waals surface area contributed by atoms with Crippen molar-refractivity contribution < 1.29 is 18.9 Å². The molecule has 0 bridgehead atoms. The first-order valence-electron chi connectivity index (χ1n) is 5.07. The van der Waals surface area contributed by atoms with E-state index in [2.05, 4.69) is 0 Å². The van der Waals surface area contributed by atoms with Gasteiger partial charge in [0.2, 0.25) is 0 Å². The van der Waals surface area contributed by atoms with Crippen LogP contribution < -0.4 is 4.74 Å². The van der Waals surface area contributed by atoms with Crippen molar-refractivity contribution in [3.8, 4) is 5.75 Å². The van der Waals surface area contributed by atoms with E-state index in [-0.39, 0.29) is 6.16 Å². The average Bonchev–Trinajstić information content (AvgIpc) is 2.28. The van der Waals surface area contributed by atoms with Crippen molar-refractivity contribution in [3.63, 3.8) is 0 Å². The van der Waals surface area contributed by atoms with Crippen LogP contribution in [-0.2, 0) is 15.7 Å². The Balaban J connectivity index is 2.56. The Morgan fingerprint density at radius 3 is 2.75 bits per heavy atom. The van der Waals surface area contributed by atoms with Crippen molar-refractivity contribution in [2.24, 2.45) is 0 Å². The zero-order chi connectivity index (χ0) is 11.8. The van der Waals surface area contributed by atoms with E-state index in [9.17, 15) is 4.57 Å². The van der Waals surface area contributed by atoms with Crippen molar-refractivity contribution in [1.82, 2.24) is 0 Å². The van der Waals surface area contributed by atoms with Crippen LogP contribution in [-0.4, -0.2) is 31.4 Å². The van der Waals surface area contributed by atoms with E-state index in [1.54, 1.807) is 7.11 Å². The number of methoxy groups -OCH3 is 1. The van der Waals surface area contributed by atoms with E-state index in [1.807, 2.05) is 24.3 Å². The Bertz CT molecular complexity index is 341. The Morgan fingerprint density at radius 2 is 2.06 bits per heavy atom. The molecule has 0 aromatic heterocycles. The summed E-state index contributed by atoms with van der Waals surface area (Å²) in [5.41, 5.74) is 0.955. The maximum Gasteiger partial charge on any atom is 0.505 e. The summed E-state index contributed by atoms with van der Waals surface area (Å²) in [5, 5.41) is 0. The summed E-state index contributed by atoms with van der Waals surface area (Å²) in [7, 11) is -0.466. The van der Waals surface area contributed by atoms with Crippen molar-refractivity contribution in [3.05, 3.63) is 29.8 Å². The van der Waals surface area contributed by atoms with Gasteiger partial charge in [0, 0.05) is 13.5 Å². The van der Waals surface area contributed by atoms with Crippen LogP contribution in [0.1, 0.15) is 5.56 Å². The highest BCUT2D eigenvalue weighted by atomic mass is 31.1. The number of benzene rings is 1. The molecule has 1 rings (SSSR count). The van der Waals surface area contributed by atoms with Gasteiger partial charge in [0.15, 0.2) is 6.16 Å². The molecule has 1 unspecified atom stereocenters. The van der Waals surface area contributed by atoms with E-state index in [0.29, 0.717) is 19.6 Å². The molecule has 1 aromatic carbocycles. The molecule has 0 fully saturated rings. The lowest BCUT2D eigenvalue weighted by Crippen LogP contribution is -2.06. The van der Waals surface area contributed by atoms with Crippen molar-refractivity contribution in [2.45, 2.75) is 6.42 Å². The van der Waals surface area contributed by atoms with E-state index < -0.39 is 8.03 Å². The van der Waals surface area contributed by atoms with Gasteiger partial charge < -0.3 is 9.47 Å². The van der Waals surface area contributed by atoms with Crippen molar-refractivity contribution >= 4 is 8.03 Å². The minimum atomic E-state index is -2.08. The smallest absolute Gasteiger partial charge is 0.491 e. The maximum absolute atomic E-state index is 10.6. The monoisotopic (exact) mass is 243 g/mol. The minimum Gasteiger partial charge on any atom is -0.491 e. The second kappa shape index (κ2) is 7.34. The molecule has 1 N–H and O–H groups in total. The molecule has 0 spiro atoms. The number of rotatable bonds is 7. The molecule has 16 heavy (non-hydrogen) atoms. The van der Waals surface area contributed by atoms with E-state index >= 15 is 0 Å². The van der Waals surface area contributed by atoms with Gasteiger partial charge in [-0.2, -0.15) is 4.89 Å². The Hall–Kier alpha value is -0.960. The highest BCUT2D eigenvalue weighted by Gasteiger charge is 2.12. The van der Waals surface area contributed by atoms with Crippen LogP contribution in [0.2, 0.25) is 0 Å². The molecular weight excluding hydrogens is 227 g/mol. The van der Waals surface area contributed by atoms with Gasteiger partial charge in [0.25, 0.3) is 0 Å². The average molecular weight is 243 g/mol. The fraction of sp³-hybridized carbons (Fsp3) is 0.455. The fourth-order valence-electron chi connectivity index (χ4n) is 1.30. The second-order valence-corrected chi connectivity index (χ2v) is 4.43. The highest BCUT2D eigenvalue weighted by Crippen LogP contribution is 2.22. The normalized spacial score (nSPS) is 11.2. The van der Waals surface area contributed by atoms with Crippen LogP contribution in [0, 0.1) is 0 Å². The standard InChI is InChI=1S/C11H15O4P/c1-14-7-8-15-11-5-3-2-4-10(11)6-9-16(12)13/h2-5H,6-9H2,1H3/p+1.